The van der Waals surface area contributed by atoms with E-state index in [1.54, 1.807) is 0 Å². The second-order valence-electron chi connectivity index (χ2n) is 6.43. The molecule has 0 rings (SSSR count). The molecular weight excluding hydrogens is 240 g/mol. The summed E-state index contributed by atoms with van der Waals surface area (Å²) in [5.41, 5.74) is -0.215. The molecule has 19 heavy (non-hydrogen) atoms. The van der Waals surface area contributed by atoms with Gasteiger partial charge in [0.2, 0.25) is 0 Å². The van der Waals surface area contributed by atoms with Crippen LogP contribution in [0, 0.1) is 11.3 Å². The maximum Gasteiger partial charge on any atom is 0.508 e. The van der Waals surface area contributed by atoms with Crippen LogP contribution in [0.4, 0.5) is 4.79 Å². The van der Waals surface area contributed by atoms with Crippen LogP contribution in [0.5, 0.6) is 0 Å². The molecule has 0 amide bonds. The third kappa shape index (κ3) is 6.31. The largest absolute Gasteiger partial charge is 0.508 e. The van der Waals surface area contributed by atoms with Crippen molar-refractivity contribution < 1.29 is 14.3 Å². The average molecular weight is 272 g/mol. The zero-order valence-corrected chi connectivity index (χ0v) is 13.8. The molecule has 0 aromatic rings. The van der Waals surface area contributed by atoms with Crippen LogP contribution in [0.25, 0.3) is 0 Å². The first-order chi connectivity index (χ1) is 8.70. The van der Waals surface area contributed by atoms with Gasteiger partial charge in [-0.25, -0.2) is 4.79 Å². The van der Waals surface area contributed by atoms with E-state index in [-0.39, 0.29) is 5.41 Å². The van der Waals surface area contributed by atoms with Crippen LogP contribution in [0.3, 0.4) is 0 Å². The fourth-order valence-electron chi connectivity index (χ4n) is 2.06. The molecule has 3 nitrogen and oxygen atoms in total. The van der Waals surface area contributed by atoms with Crippen molar-refractivity contribution in [1.29, 1.82) is 0 Å². The van der Waals surface area contributed by atoms with Crippen LogP contribution >= 0.6 is 0 Å². The summed E-state index contributed by atoms with van der Waals surface area (Å²) < 4.78 is 10.6. The van der Waals surface area contributed by atoms with Gasteiger partial charge in [0, 0.05) is 0 Å². The molecule has 0 aliphatic heterocycles. The Morgan fingerprint density at radius 3 is 2.11 bits per heavy atom. The Bertz CT molecular complexity index is 273. The number of hydrogen-bond donors (Lipinski definition) is 0. The molecule has 0 heterocycles. The fraction of sp³-hybridized carbons (Fsp3) is 0.938. The standard InChI is InChI=1S/C16H32O3/c1-8-11-16(7,10-3)13(4)12-18-14(17)19-15(5,6)9-2/h13H,8-12H2,1-7H3. The van der Waals surface area contributed by atoms with Gasteiger partial charge in [0.1, 0.15) is 5.60 Å². The SMILES string of the molecule is CCCC(C)(CC)C(C)COC(=O)OC(C)(C)CC. The van der Waals surface area contributed by atoms with E-state index in [9.17, 15) is 4.79 Å². The smallest absolute Gasteiger partial charge is 0.434 e. The predicted molar refractivity (Wildman–Crippen MR) is 79.3 cm³/mol. The first-order valence-corrected chi connectivity index (χ1v) is 7.56. The molecule has 0 N–H and O–H groups in total. The summed E-state index contributed by atoms with van der Waals surface area (Å²) in [6.45, 7) is 15.0. The summed E-state index contributed by atoms with van der Waals surface area (Å²) >= 11 is 0. The molecule has 0 aliphatic carbocycles. The lowest BCUT2D eigenvalue weighted by molar-refractivity contribution is -0.0313. The highest BCUT2D eigenvalue weighted by atomic mass is 16.7. The number of ether oxygens (including phenoxy) is 2. The lowest BCUT2D eigenvalue weighted by Crippen LogP contribution is -2.32. The van der Waals surface area contributed by atoms with E-state index in [0.717, 1.165) is 25.7 Å². The van der Waals surface area contributed by atoms with E-state index in [4.69, 9.17) is 9.47 Å². The molecule has 3 heteroatoms. The molecule has 0 bridgehead atoms. The van der Waals surface area contributed by atoms with Gasteiger partial charge in [0.05, 0.1) is 6.61 Å². The zero-order valence-electron chi connectivity index (χ0n) is 13.8. The van der Waals surface area contributed by atoms with E-state index in [1.807, 2.05) is 20.8 Å². The Hall–Kier alpha value is -0.730. The second kappa shape index (κ2) is 7.76. The quantitative estimate of drug-likeness (QED) is 0.571. The normalized spacial score (nSPS) is 16.6. The summed E-state index contributed by atoms with van der Waals surface area (Å²) in [7, 11) is 0. The predicted octanol–water partition coefficient (Wildman–Crippen LogP) is 5.18. The van der Waals surface area contributed by atoms with E-state index in [1.165, 1.54) is 0 Å². The first kappa shape index (κ1) is 18.3. The lowest BCUT2D eigenvalue weighted by atomic mass is 9.73. The molecule has 0 saturated heterocycles. The second-order valence-corrected chi connectivity index (χ2v) is 6.43. The minimum Gasteiger partial charge on any atom is -0.434 e. The third-order valence-electron chi connectivity index (χ3n) is 4.48. The van der Waals surface area contributed by atoms with Crippen molar-refractivity contribution in [3.8, 4) is 0 Å². The van der Waals surface area contributed by atoms with Gasteiger partial charge >= 0.3 is 6.16 Å². The maximum absolute atomic E-state index is 11.7. The van der Waals surface area contributed by atoms with Gasteiger partial charge in [-0.3, -0.25) is 0 Å². The molecule has 114 valence electrons. The van der Waals surface area contributed by atoms with Gasteiger partial charge < -0.3 is 9.47 Å². The molecule has 0 radical (unpaired) electrons. The molecule has 2 unspecified atom stereocenters. The van der Waals surface area contributed by atoms with Crippen molar-refractivity contribution >= 4 is 6.16 Å². The summed E-state index contributed by atoms with van der Waals surface area (Å²) in [6, 6.07) is 0. The Kier molecular flexibility index (Phi) is 7.46. The highest BCUT2D eigenvalue weighted by Crippen LogP contribution is 2.36. The number of rotatable bonds is 8. The Labute approximate surface area is 119 Å². The van der Waals surface area contributed by atoms with Gasteiger partial charge in [-0.2, -0.15) is 0 Å². The van der Waals surface area contributed by atoms with E-state index >= 15 is 0 Å². The van der Waals surface area contributed by atoms with Crippen LogP contribution in [-0.2, 0) is 9.47 Å². The molecule has 0 aromatic heterocycles. The minimum absolute atomic E-state index is 0.231. The summed E-state index contributed by atoms with van der Waals surface area (Å²) in [5.74, 6) is 0.342. The molecular formula is C16H32O3. The van der Waals surface area contributed by atoms with Crippen LogP contribution < -0.4 is 0 Å². The molecule has 0 aromatic carbocycles. The molecule has 0 spiro atoms. The van der Waals surface area contributed by atoms with Crippen LogP contribution in [-0.4, -0.2) is 18.4 Å². The summed E-state index contributed by atoms with van der Waals surface area (Å²) in [4.78, 5) is 11.7. The monoisotopic (exact) mass is 272 g/mol. The van der Waals surface area contributed by atoms with Gasteiger partial charge in [-0.15, -0.1) is 0 Å². The van der Waals surface area contributed by atoms with Crippen molar-refractivity contribution in [1.82, 2.24) is 0 Å². The minimum atomic E-state index is -0.548. The van der Waals surface area contributed by atoms with Crippen LogP contribution in [0.1, 0.15) is 74.1 Å². The Morgan fingerprint density at radius 1 is 1.11 bits per heavy atom. The van der Waals surface area contributed by atoms with Gasteiger partial charge in [-0.05, 0) is 38.0 Å². The van der Waals surface area contributed by atoms with Crippen LogP contribution in [0.2, 0.25) is 0 Å². The average Bonchev–Trinajstić information content (AvgIpc) is 2.35. The lowest BCUT2D eigenvalue weighted by Gasteiger charge is -2.34. The maximum atomic E-state index is 11.7. The van der Waals surface area contributed by atoms with Gasteiger partial charge in [-0.1, -0.05) is 47.5 Å². The number of carbonyl (C=O) groups excluding carboxylic acids is 1. The van der Waals surface area contributed by atoms with Gasteiger partial charge in [0.15, 0.2) is 0 Å². The van der Waals surface area contributed by atoms with Crippen molar-refractivity contribution in [3.63, 3.8) is 0 Å². The van der Waals surface area contributed by atoms with E-state index < -0.39 is 11.8 Å². The van der Waals surface area contributed by atoms with Crippen molar-refractivity contribution in [2.75, 3.05) is 6.61 Å². The van der Waals surface area contributed by atoms with Crippen molar-refractivity contribution in [2.45, 2.75) is 79.8 Å². The first-order valence-electron chi connectivity index (χ1n) is 7.56. The fourth-order valence-corrected chi connectivity index (χ4v) is 2.06. The Morgan fingerprint density at radius 2 is 1.68 bits per heavy atom. The summed E-state index contributed by atoms with van der Waals surface area (Å²) in [6.07, 6.45) is 3.64. The highest BCUT2D eigenvalue weighted by Gasteiger charge is 2.30. The topological polar surface area (TPSA) is 35.5 Å². The third-order valence-corrected chi connectivity index (χ3v) is 4.48. The van der Waals surface area contributed by atoms with Crippen LogP contribution in [0.15, 0.2) is 0 Å². The van der Waals surface area contributed by atoms with E-state index in [2.05, 4.69) is 27.7 Å². The molecule has 0 saturated carbocycles. The molecule has 0 fully saturated rings. The molecule has 0 aliphatic rings. The van der Waals surface area contributed by atoms with Gasteiger partial charge in [0.25, 0.3) is 0 Å². The number of hydrogen-bond acceptors (Lipinski definition) is 3. The highest BCUT2D eigenvalue weighted by molar-refractivity contribution is 5.60. The van der Waals surface area contributed by atoms with E-state index in [0.29, 0.717) is 12.5 Å². The van der Waals surface area contributed by atoms with Crippen molar-refractivity contribution in [2.24, 2.45) is 11.3 Å². The number of carbonyl (C=O) groups is 1. The molecule has 2 atom stereocenters. The zero-order chi connectivity index (χ0) is 15.1. The summed E-state index contributed by atoms with van der Waals surface area (Å²) in [5, 5.41) is 0. The Balaban J connectivity index is 4.28. The van der Waals surface area contributed by atoms with Crippen molar-refractivity contribution in [3.05, 3.63) is 0 Å².